The Labute approximate surface area is 299 Å². The molecule has 50 heavy (non-hydrogen) atoms. The van der Waals surface area contributed by atoms with Crippen molar-refractivity contribution >= 4 is 53.3 Å². The fourth-order valence-electron chi connectivity index (χ4n) is 8.54. The second-order valence-corrected chi connectivity index (χ2v) is 16.0. The maximum atomic E-state index is 5.51. The van der Waals surface area contributed by atoms with Crippen LogP contribution in [-0.4, -0.2) is 9.55 Å². The lowest BCUT2D eigenvalue weighted by atomic mass is 9.84. The van der Waals surface area contributed by atoms with Gasteiger partial charge in [0.05, 0.1) is 16.7 Å². The van der Waals surface area contributed by atoms with Gasteiger partial charge in [-0.15, -0.1) is 11.3 Å². The highest BCUT2D eigenvalue weighted by atomic mass is 32.1. The van der Waals surface area contributed by atoms with Crippen molar-refractivity contribution < 1.29 is 0 Å². The van der Waals surface area contributed by atoms with Crippen LogP contribution in [0.4, 0.5) is 0 Å². The van der Waals surface area contributed by atoms with E-state index in [9.17, 15) is 0 Å². The molecule has 3 heteroatoms. The summed E-state index contributed by atoms with van der Waals surface area (Å²) in [6.07, 6.45) is 6.80. The number of aromatic nitrogens is 2. The fourth-order valence-corrected chi connectivity index (χ4v) is 9.80. The smallest absolute Gasteiger partial charge is 0.147 e. The van der Waals surface area contributed by atoms with Crippen LogP contribution in [0.3, 0.4) is 0 Å². The number of fused-ring (bicyclic) bond motifs is 6. The Kier molecular flexibility index (Phi) is 7.85. The molecule has 0 bridgehead atoms. The van der Waals surface area contributed by atoms with Crippen molar-refractivity contribution in [3.63, 3.8) is 0 Å². The van der Waals surface area contributed by atoms with E-state index < -0.39 is 0 Å². The molecular weight excluding hydrogens is 625 g/mol. The number of rotatable bonds is 6. The van der Waals surface area contributed by atoms with Crippen molar-refractivity contribution in [1.29, 1.82) is 0 Å². The van der Waals surface area contributed by atoms with E-state index in [-0.39, 0.29) is 0 Å². The number of hydrogen-bond acceptors (Lipinski definition) is 2. The van der Waals surface area contributed by atoms with Crippen molar-refractivity contribution in [2.75, 3.05) is 0 Å². The summed E-state index contributed by atoms with van der Waals surface area (Å²) in [7, 11) is 0. The molecule has 2 aromatic heterocycles. The van der Waals surface area contributed by atoms with Gasteiger partial charge in [0.1, 0.15) is 5.82 Å². The molecule has 9 rings (SSSR count). The van der Waals surface area contributed by atoms with E-state index in [1.165, 1.54) is 108 Å². The van der Waals surface area contributed by atoms with Crippen LogP contribution in [0.15, 0.2) is 115 Å². The number of para-hydroxylation sites is 1. The number of hydrogen-bond donors (Lipinski definition) is 0. The van der Waals surface area contributed by atoms with E-state index in [0.29, 0.717) is 11.8 Å². The van der Waals surface area contributed by atoms with Gasteiger partial charge < -0.3 is 0 Å². The first-order valence-electron chi connectivity index (χ1n) is 18.6. The van der Waals surface area contributed by atoms with Gasteiger partial charge in [-0.25, -0.2) is 4.98 Å². The van der Waals surface area contributed by atoms with Crippen molar-refractivity contribution in [2.24, 2.45) is 0 Å². The molecule has 0 amide bonds. The molecule has 0 spiro atoms. The Balaban J connectivity index is 1.26. The summed E-state index contributed by atoms with van der Waals surface area (Å²) in [5, 5.41) is 5.08. The first kappa shape index (κ1) is 31.3. The SMILES string of the molecule is CC(C)c1cccc(C(C)C)c1-n1c(-c2cccc3c2sc2cc(-c4ccc(C5CCCCC5)cc4)ccc23)nc2ccc3ccccc3c21. The van der Waals surface area contributed by atoms with E-state index >= 15 is 0 Å². The molecule has 0 unspecified atom stereocenters. The van der Waals surface area contributed by atoms with Crippen LogP contribution in [-0.2, 0) is 0 Å². The molecule has 0 radical (unpaired) electrons. The maximum absolute atomic E-state index is 5.51. The van der Waals surface area contributed by atoms with E-state index in [0.717, 1.165) is 17.3 Å². The summed E-state index contributed by atoms with van der Waals surface area (Å²) >= 11 is 1.90. The Morgan fingerprint density at radius 3 is 2.10 bits per heavy atom. The van der Waals surface area contributed by atoms with Gasteiger partial charge >= 0.3 is 0 Å². The minimum atomic E-state index is 0.360. The van der Waals surface area contributed by atoms with Crippen LogP contribution < -0.4 is 0 Å². The normalized spacial score (nSPS) is 14.3. The zero-order valence-electron chi connectivity index (χ0n) is 29.5. The lowest BCUT2D eigenvalue weighted by Gasteiger charge is -2.23. The third-order valence-corrected chi connectivity index (χ3v) is 12.4. The molecule has 2 heterocycles. The van der Waals surface area contributed by atoms with Gasteiger partial charge in [0.15, 0.2) is 0 Å². The van der Waals surface area contributed by atoms with Gasteiger partial charge in [0, 0.05) is 31.1 Å². The zero-order chi connectivity index (χ0) is 33.9. The Bertz CT molecular complexity index is 2500. The van der Waals surface area contributed by atoms with Gasteiger partial charge in [-0.3, -0.25) is 4.57 Å². The molecule has 0 atom stereocenters. The van der Waals surface area contributed by atoms with E-state index in [4.69, 9.17) is 4.98 Å². The molecule has 248 valence electrons. The average Bonchev–Trinajstić information content (AvgIpc) is 3.73. The molecule has 0 aliphatic heterocycles. The van der Waals surface area contributed by atoms with Gasteiger partial charge in [-0.1, -0.05) is 144 Å². The summed E-state index contributed by atoms with van der Waals surface area (Å²) in [6.45, 7) is 9.25. The zero-order valence-corrected chi connectivity index (χ0v) is 30.4. The second-order valence-electron chi connectivity index (χ2n) is 15.0. The summed E-state index contributed by atoms with van der Waals surface area (Å²) in [5.41, 5.74) is 11.5. The highest BCUT2D eigenvalue weighted by Crippen LogP contribution is 2.45. The number of thiophene rings is 1. The molecule has 1 aliphatic carbocycles. The van der Waals surface area contributed by atoms with Crippen molar-refractivity contribution in [3.05, 3.63) is 132 Å². The van der Waals surface area contributed by atoms with E-state index in [1.807, 2.05) is 11.3 Å². The van der Waals surface area contributed by atoms with Gasteiger partial charge in [-0.2, -0.15) is 0 Å². The van der Waals surface area contributed by atoms with Crippen molar-refractivity contribution in [2.45, 2.75) is 77.6 Å². The van der Waals surface area contributed by atoms with Gasteiger partial charge in [0.2, 0.25) is 0 Å². The van der Waals surface area contributed by atoms with E-state index in [1.54, 1.807) is 0 Å². The summed E-state index contributed by atoms with van der Waals surface area (Å²) in [6, 6.07) is 43.4. The Morgan fingerprint density at radius 1 is 0.640 bits per heavy atom. The predicted molar refractivity (Wildman–Crippen MR) is 216 cm³/mol. The number of imidazole rings is 1. The Hall–Kier alpha value is -4.73. The monoisotopic (exact) mass is 668 g/mol. The maximum Gasteiger partial charge on any atom is 0.147 e. The lowest BCUT2D eigenvalue weighted by molar-refractivity contribution is 0.443. The molecule has 0 saturated heterocycles. The molecule has 8 aromatic rings. The largest absolute Gasteiger partial charge is 0.291 e. The van der Waals surface area contributed by atoms with Crippen LogP contribution in [0.1, 0.15) is 94.2 Å². The van der Waals surface area contributed by atoms with Crippen LogP contribution >= 0.6 is 11.3 Å². The molecule has 2 nitrogen and oxygen atoms in total. The quantitative estimate of drug-likeness (QED) is 0.172. The van der Waals surface area contributed by atoms with Crippen LogP contribution in [0.2, 0.25) is 0 Å². The first-order valence-corrected chi connectivity index (χ1v) is 19.4. The number of nitrogens with zero attached hydrogens (tertiary/aromatic N) is 2. The van der Waals surface area contributed by atoms with Crippen LogP contribution in [0, 0.1) is 0 Å². The predicted octanol–water partition coefficient (Wildman–Crippen LogP) is 14.2. The summed E-state index contributed by atoms with van der Waals surface area (Å²) in [5.74, 6) is 2.47. The molecule has 6 aromatic carbocycles. The molecule has 1 fully saturated rings. The Morgan fingerprint density at radius 2 is 1.34 bits per heavy atom. The third kappa shape index (κ3) is 5.17. The summed E-state index contributed by atoms with van der Waals surface area (Å²) < 4.78 is 5.13. The topological polar surface area (TPSA) is 17.8 Å². The lowest BCUT2D eigenvalue weighted by Crippen LogP contribution is -2.08. The van der Waals surface area contributed by atoms with Gasteiger partial charge in [0.25, 0.3) is 0 Å². The standard InChI is InChI=1S/C47H44N2S/c1-29(2)36-16-10-17-37(30(3)4)44(36)49-45-38-15-9-8-14-34(38)25-27-42(45)48-47(49)41-19-11-18-40-39-26-24-35(28-43(39)50-46(40)41)33-22-20-32(21-23-33)31-12-6-5-7-13-31/h8-11,14-31H,5-7,12-13H2,1-4H3. The molecule has 1 saturated carbocycles. The molecule has 1 aliphatic rings. The highest BCUT2D eigenvalue weighted by molar-refractivity contribution is 7.26. The number of benzene rings is 6. The minimum Gasteiger partial charge on any atom is -0.291 e. The molecular formula is C47H44N2S. The van der Waals surface area contributed by atoms with E-state index in [2.05, 4.69) is 148 Å². The highest BCUT2D eigenvalue weighted by Gasteiger charge is 2.25. The van der Waals surface area contributed by atoms with Crippen LogP contribution in [0.5, 0.6) is 0 Å². The van der Waals surface area contributed by atoms with Crippen molar-refractivity contribution in [1.82, 2.24) is 9.55 Å². The van der Waals surface area contributed by atoms with Gasteiger partial charge in [-0.05, 0) is 82.0 Å². The third-order valence-electron chi connectivity index (χ3n) is 11.2. The second kappa shape index (κ2) is 12.5. The molecule has 0 N–H and O–H groups in total. The average molecular weight is 669 g/mol. The minimum absolute atomic E-state index is 0.360. The van der Waals surface area contributed by atoms with Crippen LogP contribution in [0.25, 0.3) is 70.2 Å². The van der Waals surface area contributed by atoms with Crippen molar-refractivity contribution in [3.8, 4) is 28.2 Å². The summed E-state index contributed by atoms with van der Waals surface area (Å²) in [4.78, 5) is 5.51. The first-order chi connectivity index (χ1) is 24.5. The fraction of sp³-hybridized carbons (Fsp3) is 0.255.